The molecule has 0 aliphatic carbocycles. The summed E-state index contributed by atoms with van der Waals surface area (Å²) < 4.78 is 0. The summed E-state index contributed by atoms with van der Waals surface area (Å²) in [5, 5.41) is 12.2. The van der Waals surface area contributed by atoms with Crippen LogP contribution in [0.2, 0.25) is 0 Å². The van der Waals surface area contributed by atoms with Crippen molar-refractivity contribution >= 4 is 5.82 Å². The molecule has 17 heavy (non-hydrogen) atoms. The van der Waals surface area contributed by atoms with E-state index < -0.39 is 6.10 Å². The molecule has 0 spiro atoms. The van der Waals surface area contributed by atoms with E-state index >= 15 is 0 Å². The smallest absolute Gasteiger partial charge is 0.130 e. The van der Waals surface area contributed by atoms with Gasteiger partial charge >= 0.3 is 0 Å². The molecule has 0 aliphatic rings. The first kappa shape index (κ1) is 11.5. The summed E-state index contributed by atoms with van der Waals surface area (Å²) in [7, 11) is 0. The molecule has 88 valence electrons. The summed E-state index contributed by atoms with van der Waals surface area (Å²) in [4.78, 5) is 12.2. The number of rotatable bonds is 4. The molecule has 0 bridgehead atoms. The minimum atomic E-state index is -0.408. The largest absolute Gasteiger partial charge is 0.392 e. The Kier molecular flexibility index (Phi) is 3.62. The van der Waals surface area contributed by atoms with Gasteiger partial charge in [0.2, 0.25) is 0 Å². The number of pyridine rings is 1. The number of nitrogens with one attached hydrogen (secondary N) is 1. The van der Waals surface area contributed by atoms with Crippen LogP contribution in [0.4, 0.5) is 5.82 Å². The number of aliphatic hydroxyl groups is 1. The highest BCUT2D eigenvalue weighted by atomic mass is 16.3. The molecule has 2 aromatic heterocycles. The van der Waals surface area contributed by atoms with Gasteiger partial charge in [-0.3, -0.25) is 4.98 Å². The van der Waals surface area contributed by atoms with Gasteiger partial charge in [0.1, 0.15) is 12.1 Å². The highest BCUT2D eigenvalue weighted by molar-refractivity contribution is 5.61. The zero-order valence-electron chi connectivity index (χ0n) is 9.54. The highest BCUT2D eigenvalue weighted by Gasteiger charge is 2.02. The number of hydrogen-bond donors (Lipinski definition) is 2. The second-order valence-corrected chi connectivity index (χ2v) is 3.75. The lowest BCUT2D eigenvalue weighted by Crippen LogP contribution is -2.16. The Morgan fingerprint density at radius 3 is 2.76 bits per heavy atom. The van der Waals surface area contributed by atoms with Crippen LogP contribution >= 0.6 is 0 Å². The first-order valence-corrected chi connectivity index (χ1v) is 5.40. The van der Waals surface area contributed by atoms with E-state index in [1.165, 1.54) is 6.33 Å². The molecule has 0 radical (unpaired) electrons. The minimum Gasteiger partial charge on any atom is -0.392 e. The maximum absolute atomic E-state index is 9.19. The van der Waals surface area contributed by atoms with Crippen LogP contribution < -0.4 is 5.32 Å². The Bertz CT molecular complexity index is 473. The maximum atomic E-state index is 9.19. The molecule has 0 aromatic carbocycles. The summed E-state index contributed by atoms with van der Waals surface area (Å²) >= 11 is 0. The molecule has 5 heteroatoms. The average Bonchev–Trinajstić information content (AvgIpc) is 2.38. The van der Waals surface area contributed by atoms with Gasteiger partial charge in [-0.2, -0.15) is 0 Å². The van der Waals surface area contributed by atoms with E-state index in [1.54, 1.807) is 19.3 Å². The van der Waals surface area contributed by atoms with Gasteiger partial charge < -0.3 is 10.4 Å². The van der Waals surface area contributed by atoms with Gasteiger partial charge in [-0.15, -0.1) is 0 Å². The van der Waals surface area contributed by atoms with Crippen LogP contribution in [0.15, 0.2) is 36.9 Å². The number of aliphatic hydroxyl groups excluding tert-OH is 1. The number of hydrogen-bond acceptors (Lipinski definition) is 5. The van der Waals surface area contributed by atoms with Crippen LogP contribution in [0.1, 0.15) is 6.92 Å². The number of aromatic nitrogens is 3. The second kappa shape index (κ2) is 5.36. The maximum Gasteiger partial charge on any atom is 0.130 e. The van der Waals surface area contributed by atoms with Crippen LogP contribution in [0.3, 0.4) is 0 Å². The van der Waals surface area contributed by atoms with Crippen LogP contribution in [0.5, 0.6) is 0 Å². The van der Waals surface area contributed by atoms with Crippen molar-refractivity contribution in [3.63, 3.8) is 0 Å². The monoisotopic (exact) mass is 230 g/mol. The highest BCUT2D eigenvalue weighted by Crippen LogP contribution is 2.17. The molecule has 0 aliphatic heterocycles. The summed E-state index contributed by atoms with van der Waals surface area (Å²) in [5.74, 6) is 0.702. The third kappa shape index (κ3) is 3.22. The summed E-state index contributed by atoms with van der Waals surface area (Å²) in [6, 6.07) is 5.62. The Balaban J connectivity index is 2.17. The first-order valence-electron chi connectivity index (χ1n) is 5.40. The summed E-state index contributed by atoms with van der Waals surface area (Å²) in [5.41, 5.74) is 1.82. The Hall–Kier alpha value is -2.01. The topological polar surface area (TPSA) is 70.9 Å². The lowest BCUT2D eigenvalue weighted by molar-refractivity contribution is 0.208. The van der Waals surface area contributed by atoms with Gasteiger partial charge in [0.15, 0.2) is 0 Å². The van der Waals surface area contributed by atoms with E-state index in [-0.39, 0.29) is 0 Å². The molecule has 2 aromatic rings. The van der Waals surface area contributed by atoms with Crippen LogP contribution in [-0.4, -0.2) is 32.7 Å². The normalized spacial score (nSPS) is 12.1. The fourth-order valence-electron chi connectivity index (χ4n) is 1.39. The SMILES string of the molecule is C[C@H](O)CNc1cc(-c2ccncc2)ncn1. The van der Waals surface area contributed by atoms with Crippen molar-refractivity contribution in [3.05, 3.63) is 36.9 Å². The quantitative estimate of drug-likeness (QED) is 0.829. The molecular weight excluding hydrogens is 216 g/mol. The van der Waals surface area contributed by atoms with E-state index in [0.717, 1.165) is 11.3 Å². The number of anilines is 1. The van der Waals surface area contributed by atoms with E-state index in [0.29, 0.717) is 12.4 Å². The van der Waals surface area contributed by atoms with Crippen molar-refractivity contribution in [2.24, 2.45) is 0 Å². The van der Waals surface area contributed by atoms with Crippen molar-refractivity contribution < 1.29 is 5.11 Å². The van der Waals surface area contributed by atoms with E-state index in [2.05, 4.69) is 20.3 Å². The molecular formula is C12H14N4O. The summed E-state index contributed by atoms with van der Waals surface area (Å²) in [6.07, 6.45) is 4.54. The molecule has 5 nitrogen and oxygen atoms in total. The number of nitrogens with zero attached hydrogens (tertiary/aromatic N) is 3. The lowest BCUT2D eigenvalue weighted by atomic mass is 10.2. The molecule has 0 saturated heterocycles. The van der Waals surface area contributed by atoms with Crippen LogP contribution in [-0.2, 0) is 0 Å². The zero-order chi connectivity index (χ0) is 12.1. The third-order valence-electron chi connectivity index (χ3n) is 2.22. The minimum absolute atomic E-state index is 0.408. The van der Waals surface area contributed by atoms with E-state index in [9.17, 15) is 5.11 Å². The molecule has 0 saturated carbocycles. The summed E-state index contributed by atoms with van der Waals surface area (Å²) in [6.45, 7) is 2.19. The standard InChI is InChI=1S/C12H14N4O/c1-9(17)7-14-12-6-11(15-8-16-12)10-2-4-13-5-3-10/h2-6,8-9,17H,7H2,1H3,(H,14,15,16)/t9-/m0/s1. The molecule has 0 fully saturated rings. The van der Waals surface area contributed by atoms with Gasteiger partial charge in [-0.1, -0.05) is 0 Å². The predicted octanol–water partition coefficient (Wildman–Crippen LogP) is 1.33. The molecule has 1 atom stereocenters. The van der Waals surface area contributed by atoms with Crippen molar-refractivity contribution in [2.45, 2.75) is 13.0 Å². The fraction of sp³-hybridized carbons (Fsp3) is 0.250. The molecule has 0 unspecified atom stereocenters. The van der Waals surface area contributed by atoms with Gasteiger partial charge in [0.05, 0.1) is 11.8 Å². The van der Waals surface area contributed by atoms with Crippen LogP contribution in [0, 0.1) is 0 Å². The third-order valence-corrected chi connectivity index (χ3v) is 2.22. The predicted molar refractivity (Wildman–Crippen MR) is 65.4 cm³/mol. The molecule has 2 N–H and O–H groups in total. The van der Waals surface area contributed by atoms with E-state index in [4.69, 9.17) is 0 Å². The van der Waals surface area contributed by atoms with Gasteiger partial charge in [-0.25, -0.2) is 9.97 Å². The van der Waals surface area contributed by atoms with Gasteiger partial charge in [0.25, 0.3) is 0 Å². The zero-order valence-corrected chi connectivity index (χ0v) is 9.54. The van der Waals surface area contributed by atoms with E-state index in [1.807, 2.05) is 18.2 Å². The van der Waals surface area contributed by atoms with Crippen molar-refractivity contribution in [2.75, 3.05) is 11.9 Å². The van der Waals surface area contributed by atoms with Gasteiger partial charge in [-0.05, 0) is 19.1 Å². The average molecular weight is 230 g/mol. The Labute approximate surface area is 99.6 Å². The van der Waals surface area contributed by atoms with Crippen molar-refractivity contribution in [1.82, 2.24) is 15.0 Å². The second-order valence-electron chi connectivity index (χ2n) is 3.75. The van der Waals surface area contributed by atoms with Crippen molar-refractivity contribution in [3.8, 4) is 11.3 Å². The fourth-order valence-corrected chi connectivity index (χ4v) is 1.39. The van der Waals surface area contributed by atoms with Crippen LogP contribution in [0.25, 0.3) is 11.3 Å². The lowest BCUT2D eigenvalue weighted by Gasteiger charge is -2.08. The first-order chi connectivity index (χ1) is 8.25. The molecule has 2 heterocycles. The molecule has 0 amide bonds. The molecule has 2 rings (SSSR count). The Morgan fingerprint density at radius 1 is 1.29 bits per heavy atom. The Morgan fingerprint density at radius 2 is 2.06 bits per heavy atom. The van der Waals surface area contributed by atoms with Crippen molar-refractivity contribution in [1.29, 1.82) is 0 Å². The van der Waals surface area contributed by atoms with Gasteiger partial charge in [0, 0.05) is 30.6 Å².